The zero-order valence-electron chi connectivity index (χ0n) is 12.0. The smallest absolute Gasteiger partial charge is 0.270 e. The SMILES string of the molecule is O=C1COc2cc(NC(=O)c3cccc([N+](=O)[O-])c3)c(Cl)cc2N1. The number of anilines is 2. The molecule has 2 N–H and O–H groups in total. The van der Waals surface area contributed by atoms with Gasteiger partial charge >= 0.3 is 0 Å². The highest BCUT2D eigenvalue weighted by Crippen LogP contribution is 2.36. The number of benzene rings is 2. The van der Waals surface area contributed by atoms with Gasteiger partial charge in [0.2, 0.25) is 0 Å². The number of nitrogens with one attached hydrogen (secondary N) is 2. The standard InChI is InChI=1S/C15H10ClN3O5/c16-10-5-12-13(24-7-14(20)17-12)6-11(10)18-15(21)8-2-1-3-9(4-8)19(22)23/h1-6H,7H2,(H,17,20)(H,18,21). The van der Waals surface area contributed by atoms with Crippen LogP contribution in [0.4, 0.5) is 17.1 Å². The molecule has 0 spiro atoms. The fourth-order valence-corrected chi connectivity index (χ4v) is 2.36. The van der Waals surface area contributed by atoms with Gasteiger partial charge in [0.15, 0.2) is 6.61 Å². The molecule has 0 aliphatic carbocycles. The van der Waals surface area contributed by atoms with Gasteiger partial charge in [0.25, 0.3) is 17.5 Å². The fourth-order valence-electron chi connectivity index (χ4n) is 2.15. The van der Waals surface area contributed by atoms with Crippen LogP contribution in [0.5, 0.6) is 5.75 Å². The normalized spacial score (nSPS) is 12.6. The van der Waals surface area contributed by atoms with Crippen molar-refractivity contribution in [2.75, 3.05) is 17.2 Å². The van der Waals surface area contributed by atoms with E-state index in [1.165, 1.54) is 36.4 Å². The van der Waals surface area contributed by atoms with Crippen molar-refractivity contribution in [3.05, 3.63) is 57.1 Å². The third-order valence-electron chi connectivity index (χ3n) is 3.27. The minimum atomic E-state index is -0.584. The molecule has 0 fully saturated rings. The molecule has 2 aromatic carbocycles. The summed E-state index contributed by atoms with van der Waals surface area (Å²) in [6.07, 6.45) is 0. The lowest BCUT2D eigenvalue weighted by Crippen LogP contribution is -2.25. The summed E-state index contributed by atoms with van der Waals surface area (Å²) in [7, 11) is 0. The van der Waals surface area contributed by atoms with E-state index in [1.54, 1.807) is 0 Å². The Kier molecular flexibility index (Phi) is 4.05. The highest BCUT2D eigenvalue weighted by atomic mass is 35.5. The monoisotopic (exact) mass is 347 g/mol. The van der Waals surface area contributed by atoms with Crippen LogP contribution in [-0.4, -0.2) is 23.3 Å². The molecule has 0 saturated carbocycles. The Morgan fingerprint density at radius 3 is 2.88 bits per heavy atom. The number of non-ortho nitro benzene ring substituents is 1. The first-order chi connectivity index (χ1) is 11.4. The minimum Gasteiger partial charge on any atom is -0.482 e. The second-order valence-corrected chi connectivity index (χ2v) is 5.33. The maximum atomic E-state index is 12.3. The molecule has 1 aliphatic rings. The van der Waals surface area contributed by atoms with Crippen LogP contribution >= 0.6 is 11.6 Å². The molecule has 0 unspecified atom stereocenters. The molecule has 0 aromatic heterocycles. The highest BCUT2D eigenvalue weighted by molar-refractivity contribution is 6.34. The lowest BCUT2D eigenvalue weighted by molar-refractivity contribution is -0.384. The number of rotatable bonds is 3. The second kappa shape index (κ2) is 6.17. The summed E-state index contributed by atoms with van der Waals surface area (Å²) in [6, 6.07) is 8.26. The van der Waals surface area contributed by atoms with Crippen molar-refractivity contribution >= 4 is 40.5 Å². The molecular formula is C15H10ClN3O5. The van der Waals surface area contributed by atoms with Gasteiger partial charge < -0.3 is 15.4 Å². The van der Waals surface area contributed by atoms with Crippen LogP contribution in [0.3, 0.4) is 0 Å². The highest BCUT2D eigenvalue weighted by Gasteiger charge is 2.19. The van der Waals surface area contributed by atoms with Crippen molar-refractivity contribution in [3.63, 3.8) is 0 Å². The van der Waals surface area contributed by atoms with E-state index in [4.69, 9.17) is 16.3 Å². The molecule has 24 heavy (non-hydrogen) atoms. The molecule has 0 saturated heterocycles. The van der Waals surface area contributed by atoms with Crippen molar-refractivity contribution < 1.29 is 19.2 Å². The number of carbonyl (C=O) groups excluding carboxylic acids is 2. The second-order valence-electron chi connectivity index (χ2n) is 4.93. The Balaban J connectivity index is 1.86. The van der Waals surface area contributed by atoms with E-state index in [2.05, 4.69) is 10.6 Å². The van der Waals surface area contributed by atoms with Gasteiger partial charge in [-0.15, -0.1) is 0 Å². The van der Waals surface area contributed by atoms with E-state index in [-0.39, 0.29) is 34.5 Å². The first-order valence-corrected chi connectivity index (χ1v) is 7.14. The lowest BCUT2D eigenvalue weighted by atomic mass is 10.1. The van der Waals surface area contributed by atoms with Crippen molar-refractivity contribution in [2.45, 2.75) is 0 Å². The third-order valence-corrected chi connectivity index (χ3v) is 3.58. The number of amides is 2. The Hall–Kier alpha value is -3.13. The molecule has 1 aliphatic heterocycles. The maximum Gasteiger partial charge on any atom is 0.270 e. The summed E-state index contributed by atoms with van der Waals surface area (Å²) in [6.45, 7) is -0.132. The summed E-state index contributed by atoms with van der Waals surface area (Å²) >= 11 is 6.09. The predicted octanol–water partition coefficient (Wildman–Crippen LogP) is 2.83. The lowest BCUT2D eigenvalue weighted by Gasteiger charge is -2.19. The molecule has 0 atom stereocenters. The first-order valence-electron chi connectivity index (χ1n) is 6.76. The van der Waals surface area contributed by atoms with E-state index in [1.807, 2.05) is 0 Å². The number of nitrogens with zero attached hydrogens (tertiary/aromatic N) is 1. The van der Waals surface area contributed by atoms with Gasteiger partial charge in [-0.05, 0) is 12.1 Å². The third kappa shape index (κ3) is 3.13. The molecule has 3 rings (SSSR count). The number of hydrogen-bond acceptors (Lipinski definition) is 5. The molecule has 2 aromatic rings. The number of hydrogen-bond donors (Lipinski definition) is 2. The van der Waals surface area contributed by atoms with Crippen molar-refractivity contribution in [1.29, 1.82) is 0 Å². The Morgan fingerprint density at radius 2 is 2.12 bits per heavy atom. The molecule has 0 radical (unpaired) electrons. The van der Waals surface area contributed by atoms with Gasteiger partial charge in [0.1, 0.15) is 5.75 Å². The molecule has 9 heteroatoms. The number of fused-ring (bicyclic) bond motifs is 1. The summed E-state index contributed by atoms with van der Waals surface area (Å²) in [5, 5.41) is 16.1. The van der Waals surface area contributed by atoms with Crippen LogP contribution < -0.4 is 15.4 Å². The molecular weight excluding hydrogens is 338 g/mol. The van der Waals surface area contributed by atoms with Crippen molar-refractivity contribution in [1.82, 2.24) is 0 Å². The average molecular weight is 348 g/mol. The van der Waals surface area contributed by atoms with Crippen LogP contribution in [0.25, 0.3) is 0 Å². The number of halogens is 1. The summed E-state index contributed by atoms with van der Waals surface area (Å²) in [5.74, 6) is -0.485. The summed E-state index contributed by atoms with van der Waals surface area (Å²) in [5.41, 5.74) is 0.602. The quantitative estimate of drug-likeness (QED) is 0.655. The number of nitro groups is 1. The predicted molar refractivity (Wildman–Crippen MR) is 86.6 cm³/mol. The molecule has 122 valence electrons. The van der Waals surface area contributed by atoms with Crippen molar-refractivity contribution in [3.8, 4) is 5.75 Å². The average Bonchev–Trinajstić information content (AvgIpc) is 2.55. The fraction of sp³-hybridized carbons (Fsp3) is 0.0667. The molecule has 0 bridgehead atoms. The van der Waals surface area contributed by atoms with E-state index in [0.29, 0.717) is 11.4 Å². The van der Waals surface area contributed by atoms with E-state index < -0.39 is 10.8 Å². The van der Waals surface area contributed by atoms with E-state index in [0.717, 1.165) is 0 Å². The van der Waals surface area contributed by atoms with Crippen LogP contribution in [-0.2, 0) is 4.79 Å². The molecule has 8 nitrogen and oxygen atoms in total. The van der Waals surface area contributed by atoms with Crippen molar-refractivity contribution in [2.24, 2.45) is 0 Å². The minimum absolute atomic E-state index is 0.118. The largest absolute Gasteiger partial charge is 0.482 e. The van der Waals surface area contributed by atoms with E-state index >= 15 is 0 Å². The number of ether oxygens (including phenoxy) is 1. The molecule has 1 heterocycles. The Morgan fingerprint density at radius 1 is 1.33 bits per heavy atom. The Labute approximate surface area is 140 Å². The number of nitro benzene ring substituents is 1. The topological polar surface area (TPSA) is 111 Å². The maximum absolute atomic E-state index is 12.3. The number of carbonyl (C=O) groups is 2. The zero-order chi connectivity index (χ0) is 17.3. The molecule has 2 amide bonds. The Bertz CT molecular complexity index is 868. The van der Waals surface area contributed by atoms with Gasteiger partial charge in [-0.25, -0.2) is 0 Å². The van der Waals surface area contributed by atoms with Crippen LogP contribution in [0.1, 0.15) is 10.4 Å². The van der Waals surface area contributed by atoms with Gasteiger partial charge in [0.05, 0.1) is 21.3 Å². The van der Waals surface area contributed by atoms with Gasteiger partial charge in [-0.1, -0.05) is 17.7 Å². The van der Waals surface area contributed by atoms with Crippen LogP contribution in [0.2, 0.25) is 5.02 Å². The zero-order valence-corrected chi connectivity index (χ0v) is 12.8. The van der Waals surface area contributed by atoms with Gasteiger partial charge in [-0.2, -0.15) is 0 Å². The van der Waals surface area contributed by atoms with Gasteiger partial charge in [-0.3, -0.25) is 19.7 Å². The van der Waals surface area contributed by atoms with Crippen LogP contribution in [0, 0.1) is 10.1 Å². The summed E-state index contributed by atoms with van der Waals surface area (Å²) < 4.78 is 5.26. The summed E-state index contributed by atoms with van der Waals surface area (Å²) in [4.78, 5) is 33.7. The first kappa shape index (κ1) is 15.8. The van der Waals surface area contributed by atoms with E-state index in [9.17, 15) is 19.7 Å². The van der Waals surface area contributed by atoms with Gasteiger partial charge in [0, 0.05) is 23.8 Å². The van der Waals surface area contributed by atoms with Crippen LogP contribution in [0.15, 0.2) is 36.4 Å².